The van der Waals surface area contributed by atoms with Gasteiger partial charge in [-0.15, -0.1) is 0 Å². The van der Waals surface area contributed by atoms with Crippen LogP contribution in [0.5, 0.6) is 0 Å². The first-order valence-electron chi connectivity index (χ1n) is 5.08. The van der Waals surface area contributed by atoms with Gasteiger partial charge in [0.1, 0.15) is 5.69 Å². The molecule has 0 amide bonds. The molecule has 16 heavy (non-hydrogen) atoms. The fourth-order valence-corrected chi connectivity index (χ4v) is 1.69. The highest BCUT2D eigenvalue weighted by Crippen LogP contribution is 2.25. The molecule has 1 saturated heterocycles. The molecule has 0 radical (unpaired) electrons. The van der Waals surface area contributed by atoms with Crippen LogP contribution >= 0.6 is 0 Å². The summed E-state index contributed by atoms with van der Waals surface area (Å²) in [7, 11) is 0. The van der Waals surface area contributed by atoms with Gasteiger partial charge in [-0.2, -0.15) is 9.78 Å². The summed E-state index contributed by atoms with van der Waals surface area (Å²) >= 11 is 0. The molecule has 2 atom stereocenters. The van der Waals surface area contributed by atoms with Gasteiger partial charge in [-0.25, -0.2) is 4.79 Å². The van der Waals surface area contributed by atoms with Gasteiger partial charge in [0.25, 0.3) is 5.56 Å². The number of nitrogens with one attached hydrogen (secondary N) is 1. The Balaban J connectivity index is 2.32. The summed E-state index contributed by atoms with van der Waals surface area (Å²) in [5, 5.41) is 12.8. The normalized spacial score (nSPS) is 24.9. The Labute approximate surface area is 90.7 Å². The van der Waals surface area contributed by atoms with Crippen molar-refractivity contribution in [2.24, 2.45) is 0 Å². The summed E-state index contributed by atoms with van der Waals surface area (Å²) in [6.45, 7) is 1.45. The predicted molar refractivity (Wildman–Crippen MR) is 54.1 cm³/mol. The monoisotopic (exact) mass is 227 g/mol. The highest BCUT2D eigenvalue weighted by Gasteiger charge is 2.27. The van der Waals surface area contributed by atoms with Crippen molar-refractivity contribution in [3.8, 4) is 0 Å². The van der Waals surface area contributed by atoms with Crippen LogP contribution in [0.4, 0.5) is 0 Å². The zero-order valence-electron chi connectivity index (χ0n) is 8.84. The Kier molecular flexibility index (Phi) is 2.88. The van der Waals surface area contributed by atoms with Crippen molar-refractivity contribution in [2.45, 2.75) is 32.1 Å². The maximum atomic E-state index is 11.5. The second-order valence-corrected chi connectivity index (χ2v) is 3.76. The maximum absolute atomic E-state index is 11.5. The third-order valence-electron chi connectivity index (χ3n) is 2.58. The van der Waals surface area contributed by atoms with E-state index in [9.17, 15) is 9.59 Å². The molecule has 0 unspecified atom stereocenters. The number of aromatic amines is 1. The number of aliphatic hydroxyl groups is 1. The zero-order chi connectivity index (χ0) is 11.7. The first kappa shape index (κ1) is 11.0. The lowest BCUT2D eigenvalue weighted by Gasteiger charge is -2.13. The van der Waals surface area contributed by atoms with E-state index in [0.29, 0.717) is 12.8 Å². The maximum Gasteiger partial charge on any atom is 0.347 e. The summed E-state index contributed by atoms with van der Waals surface area (Å²) in [6, 6.07) is 0. The van der Waals surface area contributed by atoms with E-state index < -0.39 is 17.5 Å². The van der Waals surface area contributed by atoms with Crippen LogP contribution in [-0.2, 0) is 4.74 Å². The van der Waals surface area contributed by atoms with Crippen molar-refractivity contribution in [1.82, 2.24) is 14.8 Å². The average molecular weight is 227 g/mol. The second kappa shape index (κ2) is 4.18. The van der Waals surface area contributed by atoms with Crippen molar-refractivity contribution >= 4 is 0 Å². The molecular weight excluding hydrogens is 214 g/mol. The van der Waals surface area contributed by atoms with Gasteiger partial charge < -0.3 is 9.84 Å². The molecule has 1 aromatic heterocycles. The SMILES string of the molecule is Cc1nn([C@H]2CC[C@@H](CO)O2)c(=O)[nH]c1=O. The largest absolute Gasteiger partial charge is 0.394 e. The third kappa shape index (κ3) is 1.91. The molecule has 0 bridgehead atoms. The topological polar surface area (TPSA) is 97.2 Å². The molecule has 1 fully saturated rings. The number of H-pyrrole nitrogens is 1. The molecule has 0 spiro atoms. The van der Waals surface area contributed by atoms with Crippen molar-refractivity contribution in [3.63, 3.8) is 0 Å². The molecular formula is C9H13N3O4. The molecule has 0 saturated carbocycles. The minimum Gasteiger partial charge on any atom is -0.394 e. The Morgan fingerprint density at radius 3 is 2.94 bits per heavy atom. The number of ether oxygens (including phenoxy) is 1. The molecule has 1 aliphatic rings. The van der Waals surface area contributed by atoms with Gasteiger partial charge in [0.05, 0.1) is 12.7 Å². The standard InChI is InChI=1S/C9H13N3O4/c1-5-8(14)10-9(15)12(11-5)7-3-2-6(4-13)16-7/h6-7,13H,2-4H2,1H3,(H,10,14,15)/t6-,7+/m0/s1. The van der Waals surface area contributed by atoms with Crippen LogP contribution in [-0.4, -0.2) is 32.6 Å². The van der Waals surface area contributed by atoms with Crippen LogP contribution in [0.2, 0.25) is 0 Å². The molecule has 7 nitrogen and oxygen atoms in total. The Morgan fingerprint density at radius 1 is 1.56 bits per heavy atom. The molecule has 1 aliphatic heterocycles. The smallest absolute Gasteiger partial charge is 0.347 e. The van der Waals surface area contributed by atoms with E-state index in [2.05, 4.69) is 10.1 Å². The Bertz CT molecular complexity index is 492. The van der Waals surface area contributed by atoms with Gasteiger partial charge >= 0.3 is 5.69 Å². The highest BCUT2D eigenvalue weighted by atomic mass is 16.5. The first-order chi connectivity index (χ1) is 7.61. The highest BCUT2D eigenvalue weighted by molar-refractivity contribution is 4.89. The van der Waals surface area contributed by atoms with Crippen molar-refractivity contribution < 1.29 is 9.84 Å². The van der Waals surface area contributed by atoms with Crippen molar-refractivity contribution in [2.75, 3.05) is 6.61 Å². The number of hydrogen-bond acceptors (Lipinski definition) is 5. The number of hydrogen-bond donors (Lipinski definition) is 2. The van der Waals surface area contributed by atoms with Gasteiger partial charge in [0, 0.05) is 0 Å². The van der Waals surface area contributed by atoms with E-state index in [-0.39, 0.29) is 18.4 Å². The molecule has 7 heteroatoms. The molecule has 0 aromatic carbocycles. The molecule has 1 aromatic rings. The second-order valence-electron chi connectivity index (χ2n) is 3.76. The minimum absolute atomic E-state index is 0.0758. The number of aromatic nitrogens is 3. The molecule has 2 heterocycles. The van der Waals surface area contributed by atoms with Crippen LogP contribution in [0.15, 0.2) is 9.59 Å². The van der Waals surface area contributed by atoms with E-state index in [1.807, 2.05) is 0 Å². The van der Waals surface area contributed by atoms with E-state index in [1.165, 1.54) is 6.92 Å². The predicted octanol–water partition coefficient (Wildman–Crippen LogP) is -1.09. The summed E-state index contributed by atoms with van der Waals surface area (Å²) in [5.41, 5.74) is -0.854. The Hall–Kier alpha value is -1.47. The quantitative estimate of drug-likeness (QED) is 0.669. The fourth-order valence-electron chi connectivity index (χ4n) is 1.69. The van der Waals surface area contributed by atoms with Crippen molar-refractivity contribution in [3.05, 3.63) is 26.5 Å². The van der Waals surface area contributed by atoms with Crippen molar-refractivity contribution in [1.29, 1.82) is 0 Å². The summed E-state index contributed by atoms with van der Waals surface area (Å²) in [5.74, 6) is 0. The van der Waals surface area contributed by atoms with Crippen LogP contribution in [0.1, 0.15) is 24.8 Å². The average Bonchev–Trinajstić information content (AvgIpc) is 2.71. The van der Waals surface area contributed by atoms with Crippen LogP contribution in [0.3, 0.4) is 0 Å². The summed E-state index contributed by atoms with van der Waals surface area (Å²) in [6.07, 6.45) is 0.517. The van der Waals surface area contributed by atoms with E-state index >= 15 is 0 Å². The minimum atomic E-state index is -0.584. The molecule has 2 N–H and O–H groups in total. The zero-order valence-corrected chi connectivity index (χ0v) is 8.84. The van der Waals surface area contributed by atoms with Crippen LogP contribution in [0, 0.1) is 6.92 Å². The lowest BCUT2D eigenvalue weighted by molar-refractivity contribution is -0.0316. The van der Waals surface area contributed by atoms with Crippen LogP contribution in [0.25, 0.3) is 0 Å². The van der Waals surface area contributed by atoms with Gasteiger partial charge in [0.15, 0.2) is 6.23 Å². The molecule has 0 aliphatic carbocycles. The lowest BCUT2D eigenvalue weighted by atomic mass is 10.2. The number of rotatable bonds is 2. The summed E-state index contributed by atoms with van der Waals surface area (Å²) < 4.78 is 6.52. The first-order valence-corrected chi connectivity index (χ1v) is 5.08. The Morgan fingerprint density at radius 2 is 2.31 bits per heavy atom. The number of aliphatic hydroxyl groups excluding tert-OH is 1. The van der Waals surface area contributed by atoms with Gasteiger partial charge in [0.2, 0.25) is 0 Å². The number of aryl methyl sites for hydroxylation is 1. The van der Waals surface area contributed by atoms with Crippen LogP contribution < -0.4 is 11.2 Å². The van der Waals surface area contributed by atoms with E-state index in [1.54, 1.807) is 0 Å². The fraction of sp³-hybridized carbons (Fsp3) is 0.667. The molecule has 88 valence electrons. The van der Waals surface area contributed by atoms with E-state index in [0.717, 1.165) is 4.68 Å². The van der Waals surface area contributed by atoms with Gasteiger partial charge in [-0.1, -0.05) is 0 Å². The summed E-state index contributed by atoms with van der Waals surface area (Å²) in [4.78, 5) is 24.8. The molecule has 2 rings (SSSR count). The number of nitrogens with zero attached hydrogens (tertiary/aromatic N) is 2. The van der Waals surface area contributed by atoms with Gasteiger partial charge in [-0.05, 0) is 19.8 Å². The van der Waals surface area contributed by atoms with E-state index in [4.69, 9.17) is 9.84 Å². The third-order valence-corrected chi connectivity index (χ3v) is 2.58. The lowest BCUT2D eigenvalue weighted by Crippen LogP contribution is -2.36. The van der Waals surface area contributed by atoms with Gasteiger partial charge in [-0.3, -0.25) is 9.78 Å².